The normalized spacial score (nSPS) is 25.6. The van der Waals surface area contributed by atoms with E-state index < -0.39 is 0 Å². The van der Waals surface area contributed by atoms with Gasteiger partial charge in [0.1, 0.15) is 6.61 Å². The van der Waals surface area contributed by atoms with Gasteiger partial charge in [-0.2, -0.15) is 0 Å². The third kappa shape index (κ3) is 2.34. The lowest BCUT2D eigenvalue weighted by Gasteiger charge is -2.44. The SMILES string of the molecule is CCC12COC(=O)N1CCN(Cc1cc(OC)c3c(c1)OCO3)C2. The van der Waals surface area contributed by atoms with Crippen molar-refractivity contribution in [2.75, 3.05) is 40.1 Å². The van der Waals surface area contributed by atoms with Gasteiger partial charge in [-0.05, 0) is 24.1 Å². The number of hydrogen-bond donors (Lipinski definition) is 0. The van der Waals surface area contributed by atoms with E-state index in [4.69, 9.17) is 18.9 Å². The first-order chi connectivity index (χ1) is 11.6. The van der Waals surface area contributed by atoms with Crippen LogP contribution in [0.5, 0.6) is 17.2 Å². The molecule has 0 N–H and O–H groups in total. The van der Waals surface area contributed by atoms with Gasteiger partial charge in [0.05, 0.1) is 12.6 Å². The second-order valence-corrected chi connectivity index (χ2v) is 6.53. The highest BCUT2D eigenvalue weighted by Gasteiger charge is 2.49. The molecule has 0 aliphatic carbocycles. The number of amides is 1. The first kappa shape index (κ1) is 15.4. The summed E-state index contributed by atoms with van der Waals surface area (Å²) in [7, 11) is 1.63. The highest BCUT2D eigenvalue weighted by atomic mass is 16.7. The van der Waals surface area contributed by atoms with Crippen molar-refractivity contribution >= 4 is 6.09 Å². The average molecular weight is 334 g/mol. The fraction of sp³-hybridized carbons (Fsp3) is 0.588. The molecule has 130 valence electrons. The molecule has 0 radical (unpaired) electrons. The highest BCUT2D eigenvalue weighted by Crippen LogP contribution is 2.42. The van der Waals surface area contributed by atoms with Gasteiger partial charge in [0.2, 0.25) is 12.5 Å². The lowest BCUT2D eigenvalue weighted by Crippen LogP contribution is -2.60. The van der Waals surface area contributed by atoms with Gasteiger partial charge in [0, 0.05) is 26.2 Å². The van der Waals surface area contributed by atoms with Crippen molar-refractivity contribution in [3.05, 3.63) is 17.7 Å². The lowest BCUT2D eigenvalue weighted by molar-refractivity contribution is 0.0449. The van der Waals surface area contributed by atoms with Crippen molar-refractivity contribution in [3.63, 3.8) is 0 Å². The third-order valence-corrected chi connectivity index (χ3v) is 5.20. The van der Waals surface area contributed by atoms with E-state index in [0.29, 0.717) is 24.7 Å². The van der Waals surface area contributed by atoms with E-state index in [0.717, 1.165) is 37.4 Å². The summed E-state index contributed by atoms with van der Waals surface area (Å²) in [5.41, 5.74) is 0.913. The van der Waals surface area contributed by atoms with Crippen molar-refractivity contribution in [2.45, 2.75) is 25.4 Å². The predicted molar refractivity (Wildman–Crippen MR) is 85.5 cm³/mol. The molecule has 0 spiro atoms. The number of hydrogen-bond acceptors (Lipinski definition) is 6. The number of carbonyl (C=O) groups excluding carboxylic acids is 1. The molecule has 7 heteroatoms. The minimum atomic E-state index is -0.199. The van der Waals surface area contributed by atoms with E-state index in [1.807, 2.05) is 17.0 Å². The molecule has 3 aliphatic rings. The Morgan fingerprint density at radius 2 is 2.12 bits per heavy atom. The van der Waals surface area contributed by atoms with E-state index in [9.17, 15) is 4.79 Å². The molecule has 2 saturated heterocycles. The summed E-state index contributed by atoms with van der Waals surface area (Å²) in [6.07, 6.45) is 0.709. The van der Waals surface area contributed by atoms with E-state index in [1.54, 1.807) is 7.11 Å². The minimum Gasteiger partial charge on any atom is -0.493 e. The Bertz CT molecular complexity index is 665. The largest absolute Gasteiger partial charge is 0.493 e. The Morgan fingerprint density at radius 1 is 1.25 bits per heavy atom. The van der Waals surface area contributed by atoms with Crippen LogP contribution in [0.3, 0.4) is 0 Å². The van der Waals surface area contributed by atoms with E-state index in [2.05, 4.69) is 11.8 Å². The molecule has 0 bridgehead atoms. The lowest BCUT2D eigenvalue weighted by atomic mass is 9.92. The van der Waals surface area contributed by atoms with Crippen molar-refractivity contribution in [2.24, 2.45) is 0 Å². The van der Waals surface area contributed by atoms with Crippen LogP contribution >= 0.6 is 0 Å². The number of ether oxygens (including phenoxy) is 4. The molecule has 3 aliphatic heterocycles. The van der Waals surface area contributed by atoms with Gasteiger partial charge in [0.15, 0.2) is 11.5 Å². The van der Waals surface area contributed by atoms with Crippen LogP contribution in [0.1, 0.15) is 18.9 Å². The predicted octanol–water partition coefficient (Wildman–Crippen LogP) is 1.84. The van der Waals surface area contributed by atoms with Gasteiger partial charge >= 0.3 is 6.09 Å². The summed E-state index contributed by atoms with van der Waals surface area (Å²) in [5, 5.41) is 0. The van der Waals surface area contributed by atoms with E-state index in [1.165, 1.54) is 0 Å². The van der Waals surface area contributed by atoms with Gasteiger partial charge in [-0.1, -0.05) is 6.92 Å². The number of benzene rings is 1. The molecule has 2 fully saturated rings. The third-order valence-electron chi connectivity index (χ3n) is 5.20. The van der Waals surface area contributed by atoms with Crippen LogP contribution in [0.4, 0.5) is 4.79 Å². The smallest absolute Gasteiger partial charge is 0.410 e. The van der Waals surface area contributed by atoms with Crippen LogP contribution in [-0.2, 0) is 11.3 Å². The van der Waals surface area contributed by atoms with Gasteiger partial charge in [0.25, 0.3) is 0 Å². The van der Waals surface area contributed by atoms with Gasteiger partial charge < -0.3 is 18.9 Å². The molecule has 1 aromatic carbocycles. The number of nitrogens with zero attached hydrogens (tertiary/aromatic N) is 2. The summed E-state index contributed by atoms with van der Waals surface area (Å²) in [5.74, 6) is 2.10. The maximum absolute atomic E-state index is 11.9. The fourth-order valence-corrected chi connectivity index (χ4v) is 3.81. The maximum atomic E-state index is 11.9. The zero-order valence-corrected chi connectivity index (χ0v) is 14.0. The molecule has 4 rings (SSSR count). The molecule has 0 aromatic heterocycles. The Morgan fingerprint density at radius 3 is 2.92 bits per heavy atom. The summed E-state index contributed by atoms with van der Waals surface area (Å²) in [4.78, 5) is 16.1. The quantitative estimate of drug-likeness (QED) is 0.837. The molecule has 7 nitrogen and oxygen atoms in total. The van der Waals surface area contributed by atoms with Crippen LogP contribution in [0, 0.1) is 0 Å². The second kappa shape index (κ2) is 5.73. The highest BCUT2D eigenvalue weighted by molar-refractivity contribution is 5.71. The zero-order valence-electron chi connectivity index (χ0n) is 14.0. The average Bonchev–Trinajstić information content (AvgIpc) is 3.19. The standard InChI is InChI=1S/C17H22N2O5/c1-3-17-9-18(4-5-19(17)16(20)22-10-17)8-12-6-13(21-2)15-14(7-12)23-11-24-15/h6-7H,3-5,8-11H2,1-2H3. The van der Waals surface area contributed by atoms with Gasteiger partial charge in [-0.3, -0.25) is 9.80 Å². The van der Waals surface area contributed by atoms with E-state index >= 15 is 0 Å². The molecule has 0 saturated carbocycles. The molecule has 1 atom stereocenters. The Hall–Kier alpha value is -2.15. The van der Waals surface area contributed by atoms with Crippen molar-refractivity contribution in [3.8, 4) is 17.2 Å². The number of carbonyl (C=O) groups is 1. The van der Waals surface area contributed by atoms with Crippen molar-refractivity contribution < 1.29 is 23.7 Å². The van der Waals surface area contributed by atoms with Crippen LogP contribution in [-0.4, -0.2) is 61.6 Å². The summed E-state index contributed by atoms with van der Waals surface area (Å²) >= 11 is 0. The van der Waals surface area contributed by atoms with E-state index in [-0.39, 0.29) is 18.4 Å². The number of fused-ring (bicyclic) bond motifs is 2. The van der Waals surface area contributed by atoms with Crippen molar-refractivity contribution in [1.82, 2.24) is 9.80 Å². The molecule has 1 amide bonds. The summed E-state index contributed by atoms with van der Waals surface area (Å²) < 4.78 is 21.7. The molecule has 1 aromatic rings. The summed E-state index contributed by atoms with van der Waals surface area (Å²) in [6.45, 7) is 5.93. The fourth-order valence-electron chi connectivity index (χ4n) is 3.81. The van der Waals surface area contributed by atoms with Crippen LogP contribution < -0.4 is 14.2 Å². The Labute approximate surface area is 141 Å². The number of piperazine rings is 1. The first-order valence-electron chi connectivity index (χ1n) is 8.28. The molecule has 3 heterocycles. The summed E-state index contributed by atoms with van der Waals surface area (Å²) in [6, 6.07) is 4.00. The zero-order chi connectivity index (χ0) is 16.7. The number of cyclic esters (lactones) is 1. The molecular weight excluding hydrogens is 312 g/mol. The van der Waals surface area contributed by atoms with Gasteiger partial charge in [-0.15, -0.1) is 0 Å². The van der Waals surface area contributed by atoms with Crippen LogP contribution in [0.25, 0.3) is 0 Å². The Balaban J connectivity index is 1.53. The number of rotatable bonds is 4. The second-order valence-electron chi connectivity index (χ2n) is 6.53. The van der Waals surface area contributed by atoms with Gasteiger partial charge in [-0.25, -0.2) is 4.79 Å². The van der Waals surface area contributed by atoms with Crippen LogP contribution in [0.15, 0.2) is 12.1 Å². The van der Waals surface area contributed by atoms with Crippen molar-refractivity contribution in [1.29, 1.82) is 0 Å². The topological polar surface area (TPSA) is 60.5 Å². The first-order valence-corrected chi connectivity index (χ1v) is 8.28. The molecule has 24 heavy (non-hydrogen) atoms. The molecular formula is C17H22N2O5. The Kier molecular flexibility index (Phi) is 3.68. The molecule has 1 unspecified atom stereocenters. The number of methoxy groups -OCH3 is 1. The monoisotopic (exact) mass is 334 g/mol. The van der Waals surface area contributed by atoms with Crippen LogP contribution in [0.2, 0.25) is 0 Å². The maximum Gasteiger partial charge on any atom is 0.410 e. The minimum absolute atomic E-state index is 0.179.